The molecule has 0 saturated carbocycles. The lowest BCUT2D eigenvalue weighted by molar-refractivity contribution is -0.141. The Labute approximate surface area is 97.4 Å². The minimum atomic E-state index is -1.08. The molecular weight excluding hydrogens is 225 g/mol. The summed E-state index contributed by atoms with van der Waals surface area (Å²) in [6, 6.07) is 4.60. The Hall–Kier alpha value is -1.91. The second-order valence-corrected chi connectivity index (χ2v) is 4.44. The standard InChI is InChI=1S/C12H12FNO3/c1-12(7-2-4-8(13)5-3-7)6-9(15)14-10(12)11(16)17/h2-5,10H,6H2,1H3,(H,14,15)(H,16,17). The van der Waals surface area contributed by atoms with Gasteiger partial charge in [-0.05, 0) is 17.7 Å². The van der Waals surface area contributed by atoms with Crippen LogP contribution < -0.4 is 5.32 Å². The van der Waals surface area contributed by atoms with Crippen LogP contribution in [0.3, 0.4) is 0 Å². The molecule has 1 fully saturated rings. The molecule has 2 rings (SSSR count). The van der Waals surface area contributed by atoms with Crippen LogP contribution in [0.2, 0.25) is 0 Å². The first-order chi connectivity index (χ1) is 7.93. The number of hydrogen-bond donors (Lipinski definition) is 2. The smallest absolute Gasteiger partial charge is 0.327 e. The first-order valence-electron chi connectivity index (χ1n) is 5.22. The number of halogens is 1. The lowest BCUT2D eigenvalue weighted by Gasteiger charge is -2.27. The number of hydrogen-bond acceptors (Lipinski definition) is 2. The normalized spacial score (nSPS) is 27.9. The van der Waals surface area contributed by atoms with Gasteiger partial charge < -0.3 is 10.4 Å². The maximum Gasteiger partial charge on any atom is 0.327 e. The van der Waals surface area contributed by atoms with Gasteiger partial charge in [0, 0.05) is 11.8 Å². The largest absolute Gasteiger partial charge is 0.480 e. The molecule has 1 aliphatic rings. The van der Waals surface area contributed by atoms with Crippen LogP contribution in [-0.4, -0.2) is 23.0 Å². The van der Waals surface area contributed by atoms with Gasteiger partial charge in [-0.2, -0.15) is 0 Å². The number of amides is 1. The molecule has 0 aliphatic carbocycles. The summed E-state index contributed by atoms with van der Waals surface area (Å²) in [6.07, 6.45) is 0.0929. The predicted octanol–water partition coefficient (Wildman–Crippen LogP) is 1.06. The third-order valence-electron chi connectivity index (χ3n) is 3.22. The van der Waals surface area contributed by atoms with E-state index in [9.17, 15) is 14.0 Å². The maximum atomic E-state index is 12.8. The van der Waals surface area contributed by atoms with Gasteiger partial charge >= 0.3 is 5.97 Å². The van der Waals surface area contributed by atoms with Gasteiger partial charge in [-0.25, -0.2) is 9.18 Å². The van der Waals surface area contributed by atoms with Crippen molar-refractivity contribution in [2.75, 3.05) is 0 Å². The molecular formula is C12H12FNO3. The van der Waals surface area contributed by atoms with Crippen molar-refractivity contribution in [3.63, 3.8) is 0 Å². The fourth-order valence-electron chi connectivity index (χ4n) is 2.24. The zero-order valence-corrected chi connectivity index (χ0v) is 9.24. The lowest BCUT2D eigenvalue weighted by atomic mass is 9.76. The molecule has 2 unspecified atom stereocenters. The molecule has 1 heterocycles. The molecule has 1 aromatic rings. The highest BCUT2D eigenvalue weighted by atomic mass is 19.1. The highest BCUT2D eigenvalue weighted by Gasteiger charge is 2.48. The zero-order chi connectivity index (χ0) is 12.6. The minimum Gasteiger partial charge on any atom is -0.480 e. The Morgan fingerprint density at radius 2 is 2.06 bits per heavy atom. The van der Waals surface area contributed by atoms with E-state index in [0.29, 0.717) is 5.56 Å². The summed E-state index contributed by atoms with van der Waals surface area (Å²) in [7, 11) is 0. The summed E-state index contributed by atoms with van der Waals surface area (Å²) in [6.45, 7) is 1.69. The van der Waals surface area contributed by atoms with E-state index in [1.807, 2.05) is 0 Å². The molecule has 0 bridgehead atoms. The second-order valence-electron chi connectivity index (χ2n) is 4.44. The molecule has 0 radical (unpaired) electrons. The van der Waals surface area contributed by atoms with E-state index in [2.05, 4.69) is 5.32 Å². The van der Waals surface area contributed by atoms with E-state index < -0.39 is 17.4 Å². The maximum absolute atomic E-state index is 12.8. The molecule has 0 spiro atoms. The van der Waals surface area contributed by atoms with E-state index in [1.165, 1.54) is 24.3 Å². The second kappa shape index (κ2) is 3.84. The Balaban J connectivity index is 2.43. The van der Waals surface area contributed by atoms with Gasteiger partial charge in [-0.3, -0.25) is 4.79 Å². The summed E-state index contributed by atoms with van der Waals surface area (Å²) in [5.74, 6) is -1.77. The van der Waals surface area contributed by atoms with Crippen LogP contribution in [0.15, 0.2) is 24.3 Å². The van der Waals surface area contributed by atoms with Crippen LogP contribution >= 0.6 is 0 Å². The van der Waals surface area contributed by atoms with Gasteiger partial charge in [0.15, 0.2) is 0 Å². The predicted molar refractivity (Wildman–Crippen MR) is 57.9 cm³/mol. The number of carboxylic acid groups (broad SMARTS) is 1. The van der Waals surface area contributed by atoms with Gasteiger partial charge in [0.05, 0.1) is 0 Å². The lowest BCUT2D eigenvalue weighted by Crippen LogP contribution is -2.44. The minimum absolute atomic E-state index is 0.0929. The van der Waals surface area contributed by atoms with Crippen LogP contribution in [0.5, 0.6) is 0 Å². The number of benzene rings is 1. The van der Waals surface area contributed by atoms with Gasteiger partial charge in [0.2, 0.25) is 5.91 Å². The topological polar surface area (TPSA) is 66.4 Å². The Morgan fingerprint density at radius 3 is 2.59 bits per heavy atom. The molecule has 1 amide bonds. The van der Waals surface area contributed by atoms with Crippen LogP contribution in [0.1, 0.15) is 18.9 Å². The van der Waals surface area contributed by atoms with Crippen LogP contribution in [-0.2, 0) is 15.0 Å². The average Bonchev–Trinajstić information content (AvgIpc) is 2.56. The average molecular weight is 237 g/mol. The first-order valence-corrected chi connectivity index (χ1v) is 5.22. The number of nitrogens with one attached hydrogen (secondary N) is 1. The quantitative estimate of drug-likeness (QED) is 0.808. The van der Waals surface area contributed by atoms with Gasteiger partial charge in [-0.15, -0.1) is 0 Å². The zero-order valence-electron chi connectivity index (χ0n) is 9.24. The van der Waals surface area contributed by atoms with E-state index in [-0.39, 0.29) is 18.1 Å². The third kappa shape index (κ3) is 1.88. The SMILES string of the molecule is CC1(c2ccc(F)cc2)CC(=O)NC1C(=O)O. The molecule has 90 valence electrons. The molecule has 5 heteroatoms. The molecule has 17 heavy (non-hydrogen) atoms. The van der Waals surface area contributed by atoms with E-state index in [1.54, 1.807) is 6.92 Å². The number of carboxylic acids is 1. The van der Waals surface area contributed by atoms with Crippen molar-refractivity contribution >= 4 is 11.9 Å². The highest BCUT2D eigenvalue weighted by molar-refractivity contribution is 5.90. The van der Waals surface area contributed by atoms with Crippen molar-refractivity contribution in [3.05, 3.63) is 35.6 Å². The highest BCUT2D eigenvalue weighted by Crippen LogP contribution is 2.35. The Morgan fingerprint density at radius 1 is 1.47 bits per heavy atom. The Bertz CT molecular complexity index is 471. The van der Waals surface area contributed by atoms with E-state index in [0.717, 1.165) is 0 Å². The number of carbonyl (C=O) groups excluding carboxylic acids is 1. The molecule has 0 aromatic heterocycles. The van der Waals surface area contributed by atoms with Crippen LogP contribution in [0, 0.1) is 5.82 Å². The van der Waals surface area contributed by atoms with Crippen molar-refractivity contribution < 1.29 is 19.1 Å². The molecule has 2 N–H and O–H groups in total. The van der Waals surface area contributed by atoms with E-state index in [4.69, 9.17) is 5.11 Å². The molecule has 1 aromatic carbocycles. The summed E-state index contributed by atoms with van der Waals surface area (Å²) >= 11 is 0. The molecule has 4 nitrogen and oxygen atoms in total. The van der Waals surface area contributed by atoms with Crippen molar-refractivity contribution in [3.8, 4) is 0 Å². The molecule has 1 saturated heterocycles. The number of carbonyl (C=O) groups is 2. The number of aliphatic carboxylic acids is 1. The molecule has 1 aliphatic heterocycles. The van der Waals surface area contributed by atoms with Crippen molar-refractivity contribution in [2.45, 2.75) is 24.8 Å². The van der Waals surface area contributed by atoms with Crippen LogP contribution in [0.4, 0.5) is 4.39 Å². The first kappa shape index (κ1) is 11.6. The van der Waals surface area contributed by atoms with Crippen LogP contribution in [0.25, 0.3) is 0 Å². The van der Waals surface area contributed by atoms with Gasteiger partial charge in [0.1, 0.15) is 11.9 Å². The summed E-state index contributed by atoms with van der Waals surface area (Å²) in [5.41, 5.74) is -0.193. The third-order valence-corrected chi connectivity index (χ3v) is 3.22. The van der Waals surface area contributed by atoms with Crippen molar-refractivity contribution in [1.29, 1.82) is 0 Å². The van der Waals surface area contributed by atoms with Crippen molar-refractivity contribution in [2.24, 2.45) is 0 Å². The number of rotatable bonds is 2. The Kier molecular flexibility index (Phi) is 2.61. The summed E-state index contributed by atoms with van der Waals surface area (Å²) in [4.78, 5) is 22.5. The fraction of sp³-hybridized carbons (Fsp3) is 0.333. The summed E-state index contributed by atoms with van der Waals surface area (Å²) < 4.78 is 12.8. The monoisotopic (exact) mass is 237 g/mol. The molecule has 2 atom stereocenters. The van der Waals surface area contributed by atoms with Crippen molar-refractivity contribution in [1.82, 2.24) is 5.32 Å². The fourth-order valence-corrected chi connectivity index (χ4v) is 2.24. The van der Waals surface area contributed by atoms with Gasteiger partial charge in [0.25, 0.3) is 0 Å². The van der Waals surface area contributed by atoms with E-state index >= 15 is 0 Å². The van der Waals surface area contributed by atoms with Gasteiger partial charge in [-0.1, -0.05) is 19.1 Å². The summed E-state index contributed by atoms with van der Waals surface area (Å²) in [5, 5.41) is 11.5.